The molecule has 0 aromatic heterocycles. The number of aromatic hydroxyl groups is 1. The van der Waals surface area contributed by atoms with Gasteiger partial charge in [-0.3, -0.25) is 4.79 Å². The number of nitrogens with one attached hydrogen (secondary N) is 1. The molecule has 0 heterocycles. The molecule has 0 aliphatic carbocycles. The van der Waals surface area contributed by atoms with E-state index in [4.69, 9.17) is 4.74 Å². The summed E-state index contributed by atoms with van der Waals surface area (Å²) in [6, 6.07) is 22.9. The fourth-order valence-corrected chi connectivity index (χ4v) is 2.78. The van der Waals surface area contributed by atoms with Gasteiger partial charge in [-0.05, 0) is 54.1 Å². The maximum absolute atomic E-state index is 12.4. The second-order valence-electron chi connectivity index (χ2n) is 6.12. The van der Waals surface area contributed by atoms with E-state index < -0.39 is 5.91 Å². The van der Waals surface area contributed by atoms with Gasteiger partial charge in [0.15, 0.2) is 0 Å². The highest BCUT2D eigenvalue weighted by Crippen LogP contribution is 2.23. The summed E-state index contributed by atoms with van der Waals surface area (Å²) >= 11 is 3.40. The van der Waals surface area contributed by atoms with Crippen molar-refractivity contribution in [3.63, 3.8) is 0 Å². The Hall–Kier alpha value is -3.56. The Balaban J connectivity index is 1.76. The minimum Gasteiger partial charge on any atom is -0.508 e. The normalized spacial score (nSPS) is 10.8. The van der Waals surface area contributed by atoms with Crippen LogP contribution in [0.2, 0.25) is 0 Å². The van der Waals surface area contributed by atoms with Crippen LogP contribution in [0.5, 0.6) is 11.5 Å². The first-order valence-electron chi connectivity index (χ1n) is 8.73. The predicted octanol–water partition coefficient (Wildman–Crippen LogP) is 5.28. The van der Waals surface area contributed by atoms with Crippen LogP contribution < -0.4 is 10.1 Å². The van der Waals surface area contributed by atoms with Gasteiger partial charge in [0.1, 0.15) is 29.7 Å². The highest BCUT2D eigenvalue weighted by molar-refractivity contribution is 9.10. The maximum atomic E-state index is 12.4. The van der Waals surface area contributed by atoms with Crippen LogP contribution in [-0.2, 0) is 11.4 Å². The number of nitrogens with zero attached hydrogens (tertiary/aromatic N) is 1. The van der Waals surface area contributed by atoms with Crippen LogP contribution in [0.25, 0.3) is 6.08 Å². The minimum absolute atomic E-state index is 0.0576. The van der Waals surface area contributed by atoms with Gasteiger partial charge in [-0.15, -0.1) is 0 Å². The van der Waals surface area contributed by atoms with Crippen molar-refractivity contribution in [2.75, 3.05) is 5.32 Å². The maximum Gasteiger partial charge on any atom is 0.266 e. The number of ether oxygens (including phenoxy) is 1. The van der Waals surface area contributed by atoms with Crippen LogP contribution in [0.3, 0.4) is 0 Å². The number of amides is 1. The fourth-order valence-electron chi connectivity index (χ4n) is 2.52. The van der Waals surface area contributed by atoms with E-state index in [1.165, 1.54) is 18.2 Å². The summed E-state index contributed by atoms with van der Waals surface area (Å²) in [5.74, 6) is 0.123. The molecule has 144 valence electrons. The van der Waals surface area contributed by atoms with Gasteiger partial charge in [0, 0.05) is 15.7 Å². The van der Waals surface area contributed by atoms with Gasteiger partial charge in [0.05, 0.1) is 0 Å². The average molecular weight is 449 g/mol. The number of hydrogen-bond donors (Lipinski definition) is 2. The van der Waals surface area contributed by atoms with Crippen molar-refractivity contribution in [3.8, 4) is 17.6 Å². The van der Waals surface area contributed by atoms with E-state index >= 15 is 0 Å². The van der Waals surface area contributed by atoms with E-state index in [9.17, 15) is 15.2 Å². The second kappa shape index (κ2) is 9.58. The molecule has 0 radical (unpaired) electrons. The van der Waals surface area contributed by atoms with Crippen molar-refractivity contribution in [1.29, 1.82) is 5.26 Å². The third-order valence-corrected chi connectivity index (χ3v) is 4.55. The number of anilines is 1. The minimum atomic E-state index is -0.541. The molecular formula is C23H17BrN2O3. The molecule has 1 amide bonds. The third kappa shape index (κ3) is 5.71. The molecule has 3 rings (SSSR count). The largest absolute Gasteiger partial charge is 0.508 e. The van der Waals surface area contributed by atoms with Gasteiger partial charge in [-0.1, -0.05) is 46.3 Å². The van der Waals surface area contributed by atoms with E-state index in [1.807, 2.05) is 42.5 Å². The van der Waals surface area contributed by atoms with Crippen molar-refractivity contribution in [2.24, 2.45) is 0 Å². The number of phenolic OH excluding ortho intramolecular Hbond substituents is 1. The molecule has 6 heteroatoms. The monoisotopic (exact) mass is 448 g/mol. The number of halogens is 1. The van der Waals surface area contributed by atoms with Gasteiger partial charge < -0.3 is 15.2 Å². The van der Waals surface area contributed by atoms with Gasteiger partial charge in [0.25, 0.3) is 5.91 Å². The fraction of sp³-hybridized carbons (Fsp3) is 0.0435. The zero-order valence-corrected chi connectivity index (χ0v) is 16.9. The smallest absolute Gasteiger partial charge is 0.266 e. The van der Waals surface area contributed by atoms with Crippen molar-refractivity contribution in [1.82, 2.24) is 0 Å². The quantitative estimate of drug-likeness (QED) is 0.305. The van der Waals surface area contributed by atoms with Gasteiger partial charge in [-0.25, -0.2) is 0 Å². The van der Waals surface area contributed by atoms with Gasteiger partial charge >= 0.3 is 0 Å². The summed E-state index contributed by atoms with van der Waals surface area (Å²) in [7, 11) is 0. The molecule has 2 N–H and O–H groups in total. The molecule has 0 saturated carbocycles. The Morgan fingerprint density at radius 1 is 1.07 bits per heavy atom. The molecule has 5 nitrogen and oxygen atoms in total. The summed E-state index contributed by atoms with van der Waals surface area (Å²) < 4.78 is 6.88. The van der Waals surface area contributed by atoms with Gasteiger partial charge in [0.2, 0.25) is 0 Å². The molecule has 0 aliphatic heterocycles. The van der Waals surface area contributed by atoms with Crippen LogP contribution in [-0.4, -0.2) is 11.0 Å². The summed E-state index contributed by atoms with van der Waals surface area (Å²) in [6.45, 7) is 0.361. The zero-order valence-electron chi connectivity index (χ0n) is 15.3. The third-order valence-electron chi connectivity index (χ3n) is 4.02. The standard InChI is InChI=1S/C23H17BrN2O3/c24-19-7-5-16(6-8-19)15-29-22-4-2-1-3-17(22)13-18(14-25)23(28)26-20-9-11-21(27)12-10-20/h1-13,27H,15H2,(H,26,28)/b18-13+. The van der Waals surface area contributed by atoms with Crippen molar-refractivity contribution >= 4 is 33.6 Å². The lowest BCUT2D eigenvalue weighted by atomic mass is 10.1. The summed E-state index contributed by atoms with van der Waals surface area (Å²) in [6.07, 6.45) is 1.49. The lowest BCUT2D eigenvalue weighted by Crippen LogP contribution is -2.13. The molecule has 3 aromatic carbocycles. The highest BCUT2D eigenvalue weighted by atomic mass is 79.9. The first-order chi connectivity index (χ1) is 14.0. The van der Waals surface area contributed by atoms with Crippen LogP contribution in [0.4, 0.5) is 5.69 Å². The van der Waals surface area contributed by atoms with Crippen LogP contribution in [0.15, 0.2) is 82.8 Å². The molecule has 0 unspecified atom stereocenters. The number of hydrogen-bond acceptors (Lipinski definition) is 4. The first kappa shape index (κ1) is 20.2. The van der Waals surface area contributed by atoms with E-state index in [-0.39, 0.29) is 11.3 Å². The van der Waals surface area contributed by atoms with E-state index in [0.29, 0.717) is 23.6 Å². The van der Waals surface area contributed by atoms with Crippen LogP contribution >= 0.6 is 15.9 Å². The molecule has 0 fully saturated rings. The number of carbonyl (C=O) groups excluding carboxylic acids is 1. The summed E-state index contributed by atoms with van der Waals surface area (Å²) in [4.78, 5) is 12.4. The summed E-state index contributed by atoms with van der Waals surface area (Å²) in [5, 5.41) is 21.4. The Kier molecular flexibility index (Phi) is 6.67. The van der Waals surface area contributed by atoms with E-state index in [1.54, 1.807) is 24.3 Å². The molecule has 29 heavy (non-hydrogen) atoms. The number of rotatable bonds is 6. The number of phenols is 1. The van der Waals surface area contributed by atoms with Crippen LogP contribution in [0.1, 0.15) is 11.1 Å². The molecule has 3 aromatic rings. The molecule has 0 bridgehead atoms. The van der Waals surface area contributed by atoms with Crippen molar-refractivity contribution < 1.29 is 14.6 Å². The SMILES string of the molecule is N#C/C(=C\c1ccccc1OCc1ccc(Br)cc1)C(=O)Nc1ccc(O)cc1. The summed E-state index contributed by atoms with van der Waals surface area (Å²) in [5.41, 5.74) is 2.05. The van der Waals surface area contributed by atoms with Crippen molar-refractivity contribution in [3.05, 3.63) is 94.0 Å². The van der Waals surface area contributed by atoms with E-state index in [2.05, 4.69) is 21.2 Å². The molecule has 0 saturated heterocycles. The lowest BCUT2D eigenvalue weighted by molar-refractivity contribution is -0.112. The lowest BCUT2D eigenvalue weighted by Gasteiger charge is -2.10. The number of para-hydroxylation sites is 1. The average Bonchev–Trinajstić information content (AvgIpc) is 2.74. The van der Waals surface area contributed by atoms with E-state index in [0.717, 1.165) is 10.0 Å². The Bertz CT molecular complexity index is 1070. The Morgan fingerprint density at radius 2 is 1.76 bits per heavy atom. The predicted molar refractivity (Wildman–Crippen MR) is 115 cm³/mol. The number of benzene rings is 3. The van der Waals surface area contributed by atoms with Crippen molar-refractivity contribution in [2.45, 2.75) is 6.61 Å². The molecule has 0 atom stereocenters. The first-order valence-corrected chi connectivity index (χ1v) is 9.53. The molecule has 0 aliphatic rings. The topological polar surface area (TPSA) is 82.3 Å². The molecule has 0 spiro atoms. The van der Waals surface area contributed by atoms with Gasteiger partial charge in [-0.2, -0.15) is 5.26 Å². The number of nitriles is 1. The second-order valence-corrected chi connectivity index (χ2v) is 7.04. The highest BCUT2D eigenvalue weighted by Gasteiger charge is 2.11. The molecular weight excluding hydrogens is 432 g/mol. The Morgan fingerprint density at radius 3 is 2.45 bits per heavy atom. The zero-order chi connectivity index (χ0) is 20.6. The number of carbonyl (C=O) groups is 1. The Labute approximate surface area is 177 Å². The van der Waals surface area contributed by atoms with Crippen LogP contribution in [0, 0.1) is 11.3 Å².